The number of nitrogens with one attached hydrogen (secondary N) is 1. The highest BCUT2D eigenvalue weighted by Gasteiger charge is 2.15. The first-order valence-corrected chi connectivity index (χ1v) is 7.73. The van der Waals surface area contributed by atoms with Crippen LogP contribution >= 0.6 is 0 Å². The summed E-state index contributed by atoms with van der Waals surface area (Å²) in [6.45, 7) is 7.99. The summed E-state index contributed by atoms with van der Waals surface area (Å²) >= 11 is 0. The Bertz CT molecular complexity index is 689. The number of ether oxygens (including phenoxy) is 1. The average molecular weight is 343 g/mol. The third-order valence-electron chi connectivity index (χ3n) is 3.17. The third kappa shape index (κ3) is 6.87. The van der Waals surface area contributed by atoms with E-state index >= 15 is 0 Å². The number of nitrogens with zero attached hydrogens (tertiary/aromatic N) is 2. The van der Waals surface area contributed by atoms with Crippen molar-refractivity contribution >= 4 is 23.5 Å². The van der Waals surface area contributed by atoms with Crippen LogP contribution in [-0.4, -0.2) is 42.4 Å². The van der Waals surface area contributed by atoms with Gasteiger partial charge in [0, 0.05) is 18.8 Å². The van der Waals surface area contributed by atoms with E-state index in [0.717, 1.165) is 5.57 Å². The van der Waals surface area contributed by atoms with Crippen LogP contribution < -0.4 is 5.32 Å². The number of anilines is 1. The summed E-state index contributed by atoms with van der Waals surface area (Å²) in [5.74, 6) is -1.35. The van der Waals surface area contributed by atoms with Crippen molar-refractivity contribution in [2.24, 2.45) is 0 Å². The van der Waals surface area contributed by atoms with Crippen LogP contribution in [0.5, 0.6) is 0 Å². The maximum atomic E-state index is 12.0. The predicted molar refractivity (Wildman–Crippen MR) is 92.7 cm³/mol. The van der Waals surface area contributed by atoms with Gasteiger partial charge in [-0.15, -0.1) is 0 Å². The first-order chi connectivity index (χ1) is 11.9. The molecule has 0 aromatic heterocycles. The molecule has 7 heteroatoms. The first kappa shape index (κ1) is 19.9. The Morgan fingerprint density at radius 1 is 1.28 bits per heavy atom. The van der Waals surface area contributed by atoms with Crippen molar-refractivity contribution < 1.29 is 19.1 Å². The van der Waals surface area contributed by atoms with Gasteiger partial charge in [-0.3, -0.25) is 9.59 Å². The van der Waals surface area contributed by atoms with E-state index in [0.29, 0.717) is 18.8 Å². The molecular formula is C18H21N3O4. The van der Waals surface area contributed by atoms with Crippen LogP contribution in [0.2, 0.25) is 0 Å². The molecule has 0 aliphatic carbocycles. The lowest BCUT2D eigenvalue weighted by Gasteiger charge is -2.20. The van der Waals surface area contributed by atoms with Crippen LogP contribution in [-0.2, 0) is 14.3 Å². The summed E-state index contributed by atoms with van der Waals surface area (Å²) < 4.78 is 5.02. The first-order valence-electron chi connectivity index (χ1n) is 7.73. The van der Waals surface area contributed by atoms with Crippen molar-refractivity contribution in [3.05, 3.63) is 42.0 Å². The lowest BCUT2D eigenvalue weighted by molar-refractivity contribution is -0.133. The summed E-state index contributed by atoms with van der Waals surface area (Å²) in [5.41, 5.74) is 1.57. The number of benzene rings is 1. The van der Waals surface area contributed by atoms with Gasteiger partial charge in [-0.25, -0.2) is 4.79 Å². The van der Waals surface area contributed by atoms with Crippen molar-refractivity contribution in [2.45, 2.75) is 20.3 Å². The quantitative estimate of drug-likeness (QED) is 0.576. The van der Waals surface area contributed by atoms with Gasteiger partial charge >= 0.3 is 5.97 Å². The zero-order chi connectivity index (χ0) is 18.8. The molecule has 1 rings (SSSR count). The Hall–Kier alpha value is -3.14. The van der Waals surface area contributed by atoms with Crippen LogP contribution in [0, 0.1) is 11.3 Å². The Kier molecular flexibility index (Phi) is 7.87. The van der Waals surface area contributed by atoms with Crippen molar-refractivity contribution in [1.82, 2.24) is 4.90 Å². The number of hydrogen-bond donors (Lipinski definition) is 1. The Balaban J connectivity index is 2.57. The smallest absolute Gasteiger partial charge is 0.338 e. The number of esters is 1. The molecule has 0 fully saturated rings. The Morgan fingerprint density at radius 2 is 1.92 bits per heavy atom. The highest BCUT2D eigenvalue weighted by Crippen LogP contribution is 2.11. The monoisotopic (exact) mass is 343 g/mol. The molecule has 1 aromatic carbocycles. The largest absolute Gasteiger partial charge is 0.452 e. The SMILES string of the molecule is C=C(C)CN(CC)C(=O)COC(=O)c1ccc(NC(=O)CC#N)cc1. The van der Waals surface area contributed by atoms with Crippen molar-refractivity contribution in [1.29, 1.82) is 5.26 Å². The Morgan fingerprint density at radius 3 is 2.44 bits per heavy atom. The molecule has 1 aromatic rings. The van der Waals surface area contributed by atoms with Crippen molar-refractivity contribution in [3.8, 4) is 6.07 Å². The maximum Gasteiger partial charge on any atom is 0.338 e. The summed E-state index contributed by atoms with van der Waals surface area (Å²) in [4.78, 5) is 36.8. The molecule has 25 heavy (non-hydrogen) atoms. The van der Waals surface area contributed by atoms with E-state index in [-0.39, 0.29) is 24.5 Å². The molecule has 2 amide bonds. The predicted octanol–water partition coefficient (Wildman–Crippen LogP) is 2.12. The molecule has 0 heterocycles. The van der Waals surface area contributed by atoms with Crippen LogP contribution in [0.1, 0.15) is 30.6 Å². The fraction of sp³-hybridized carbons (Fsp3) is 0.333. The van der Waals surface area contributed by atoms with Gasteiger partial charge in [0.15, 0.2) is 6.61 Å². The maximum absolute atomic E-state index is 12.0. The lowest BCUT2D eigenvalue weighted by Crippen LogP contribution is -2.35. The second kappa shape index (κ2) is 9.88. The zero-order valence-electron chi connectivity index (χ0n) is 14.4. The van der Waals surface area contributed by atoms with Gasteiger partial charge < -0.3 is 15.0 Å². The number of amides is 2. The molecule has 0 unspecified atom stereocenters. The van der Waals surface area contributed by atoms with Gasteiger partial charge in [0.1, 0.15) is 6.42 Å². The van der Waals surface area contributed by atoms with E-state index in [4.69, 9.17) is 10.00 Å². The fourth-order valence-electron chi connectivity index (χ4n) is 1.97. The van der Waals surface area contributed by atoms with Gasteiger partial charge in [-0.05, 0) is 38.1 Å². The van der Waals surface area contributed by atoms with Crippen LogP contribution in [0.4, 0.5) is 5.69 Å². The number of rotatable bonds is 8. The molecule has 0 radical (unpaired) electrons. The minimum Gasteiger partial charge on any atom is -0.452 e. The number of carbonyl (C=O) groups excluding carboxylic acids is 3. The van der Waals surface area contributed by atoms with Crippen LogP contribution in [0.3, 0.4) is 0 Å². The summed E-state index contributed by atoms with van der Waals surface area (Å²) in [6.07, 6.45) is -0.246. The molecule has 0 saturated carbocycles. The summed E-state index contributed by atoms with van der Waals surface area (Å²) in [7, 11) is 0. The summed E-state index contributed by atoms with van der Waals surface area (Å²) in [6, 6.07) is 7.73. The Labute approximate surface area is 146 Å². The molecule has 0 aliphatic heterocycles. The molecule has 132 valence electrons. The molecule has 0 saturated heterocycles. The molecular weight excluding hydrogens is 322 g/mol. The van der Waals surface area contributed by atoms with E-state index in [1.54, 1.807) is 11.0 Å². The number of carbonyl (C=O) groups is 3. The highest BCUT2D eigenvalue weighted by atomic mass is 16.5. The summed E-state index contributed by atoms with van der Waals surface area (Å²) in [5, 5.41) is 10.9. The van der Waals surface area contributed by atoms with Gasteiger partial charge in [-0.1, -0.05) is 12.2 Å². The minimum atomic E-state index is -0.630. The number of hydrogen-bond acceptors (Lipinski definition) is 5. The minimum absolute atomic E-state index is 0.246. The van der Waals surface area contributed by atoms with E-state index in [1.807, 2.05) is 13.8 Å². The normalized spacial score (nSPS) is 9.64. The lowest BCUT2D eigenvalue weighted by atomic mass is 10.2. The molecule has 0 bridgehead atoms. The third-order valence-corrected chi connectivity index (χ3v) is 3.17. The van der Waals surface area contributed by atoms with Gasteiger partial charge in [0.2, 0.25) is 5.91 Å². The second-order valence-corrected chi connectivity index (χ2v) is 5.40. The van der Waals surface area contributed by atoms with Crippen LogP contribution in [0.25, 0.3) is 0 Å². The molecule has 7 nitrogen and oxygen atoms in total. The van der Waals surface area contributed by atoms with Crippen molar-refractivity contribution in [2.75, 3.05) is 25.0 Å². The number of likely N-dealkylation sites (N-methyl/N-ethyl adjacent to an activating group) is 1. The molecule has 0 spiro atoms. The van der Waals surface area contributed by atoms with Gasteiger partial charge in [0.25, 0.3) is 5.91 Å². The van der Waals surface area contributed by atoms with E-state index in [1.165, 1.54) is 24.3 Å². The van der Waals surface area contributed by atoms with E-state index < -0.39 is 11.9 Å². The molecule has 0 atom stereocenters. The topological polar surface area (TPSA) is 99.5 Å². The van der Waals surface area contributed by atoms with E-state index in [2.05, 4.69) is 11.9 Å². The number of nitriles is 1. The molecule has 0 aliphatic rings. The van der Waals surface area contributed by atoms with Gasteiger partial charge in [0.05, 0.1) is 11.6 Å². The average Bonchev–Trinajstić information content (AvgIpc) is 2.57. The highest BCUT2D eigenvalue weighted by molar-refractivity contribution is 5.94. The molecule has 1 N–H and O–H groups in total. The fourth-order valence-corrected chi connectivity index (χ4v) is 1.97. The standard InChI is InChI=1S/C18H21N3O4/c1-4-21(11-13(2)3)17(23)12-25-18(24)14-5-7-15(8-6-14)20-16(22)9-10-19/h5-8H,2,4,9,11-12H2,1,3H3,(H,20,22). The van der Waals surface area contributed by atoms with E-state index in [9.17, 15) is 14.4 Å². The van der Waals surface area contributed by atoms with Crippen LogP contribution in [0.15, 0.2) is 36.4 Å². The second-order valence-electron chi connectivity index (χ2n) is 5.40. The zero-order valence-corrected chi connectivity index (χ0v) is 14.4. The van der Waals surface area contributed by atoms with Gasteiger partial charge in [-0.2, -0.15) is 5.26 Å². The van der Waals surface area contributed by atoms with Crippen molar-refractivity contribution in [3.63, 3.8) is 0 Å².